The van der Waals surface area contributed by atoms with Gasteiger partial charge in [0.1, 0.15) is 11.5 Å². The van der Waals surface area contributed by atoms with Gasteiger partial charge < -0.3 is 19.3 Å². The Balaban J connectivity index is 1.84. The number of likely N-dealkylation sites (tertiary alicyclic amines) is 1. The van der Waals surface area contributed by atoms with Gasteiger partial charge in [-0.1, -0.05) is 42.0 Å². The third-order valence-corrected chi connectivity index (χ3v) is 5.50. The molecule has 1 amide bonds. The topological polar surface area (TPSA) is 74.0 Å². The molecule has 1 aliphatic heterocycles. The van der Waals surface area contributed by atoms with Crippen LogP contribution >= 0.6 is 0 Å². The molecule has 1 aromatic heterocycles. The van der Waals surface area contributed by atoms with Crippen molar-refractivity contribution in [3.05, 3.63) is 95.0 Å². The van der Waals surface area contributed by atoms with Crippen LogP contribution in [0.4, 0.5) is 5.69 Å². The number of nitrogens with zero attached hydrogens (tertiary/aromatic N) is 2. The van der Waals surface area contributed by atoms with Gasteiger partial charge in [0.05, 0.1) is 24.4 Å². The first-order valence-corrected chi connectivity index (χ1v) is 10.0. The van der Waals surface area contributed by atoms with Gasteiger partial charge in [0.2, 0.25) is 0 Å². The van der Waals surface area contributed by atoms with Gasteiger partial charge in [0.15, 0.2) is 0 Å². The maximum absolute atomic E-state index is 13.0. The van der Waals surface area contributed by atoms with Gasteiger partial charge in [0, 0.05) is 25.3 Å². The van der Waals surface area contributed by atoms with Gasteiger partial charge in [-0.2, -0.15) is 0 Å². The van der Waals surface area contributed by atoms with Gasteiger partial charge in [-0.3, -0.25) is 9.59 Å². The average molecular weight is 416 g/mol. The first kappa shape index (κ1) is 20.5. The Morgan fingerprint density at radius 2 is 1.71 bits per heavy atom. The van der Waals surface area contributed by atoms with Gasteiger partial charge >= 0.3 is 0 Å². The molecule has 3 aromatic rings. The Kier molecular flexibility index (Phi) is 5.38. The van der Waals surface area contributed by atoms with E-state index in [1.54, 1.807) is 24.3 Å². The molecule has 1 N–H and O–H groups in total. The van der Waals surface area contributed by atoms with Crippen LogP contribution in [0.25, 0.3) is 5.76 Å². The molecule has 1 saturated heterocycles. The van der Waals surface area contributed by atoms with Gasteiger partial charge in [-0.15, -0.1) is 0 Å². The lowest BCUT2D eigenvalue weighted by molar-refractivity contribution is -0.140. The summed E-state index contributed by atoms with van der Waals surface area (Å²) in [4.78, 5) is 29.4. The molecule has 0 spiro atoms. The van der Waals surface area contributed by atoms with E-state index in [-0.39, 0.29) is 17.9 Å². The molecular formula is C25H24N2O4. The largest absolute Gasteiger partial charge is 0.507 e. The summed E-state index contributed by atoms with van der Waals surface area (Å²) in [5.41, 5.74) is 3.34. The Hall–Kier alpha value is -3.80. The van der Waals surface area contributed by atoms with Gasteiger partial charge in [0.25, 0.3) is 11.7 Å². The maximum Gasteiger partial charge on any atom is 0.296 e. The van der Waals surface area contributed by atoms with Crippen LogP contribution in [0.2, 0.25) is 0 Å². The van der Waals surface area contributed by atoms with E-state index < -0.39 is 17.7 Å². The number of ketones is 1. The van der Waals surface area contributed by atoms with Crippen molar-refractivity contribution in [2.45, 2.75) is 19.5 Å². The fourth-order valence-corrected chi connectivity index (χ4v) is 3.78. The summed E-state index contributed by atoms with van der Waals surface area (Å²) in [5, 5.41) is 11.1. The van der Waals surface area contributed by atoms with Crippen LogP contribution in [0.15, 0.2) is 76.9 Å². The number of benzene rings is 2. The number of aliphatic hydroxyl groups excluding tert-OH is 1. The number of anilines is 1. The van der Waals surface area contributed by atoms with E-state index in [9.17, 15) is 14.7 Å². The van der Waals surface area contributed by atoms with Crippen LogP contribution in [0.5, 0.6) is 0 Å². The van der Waals surface area contributed by atoms with Crippen molar-refractivity contribution in [1.29, 1.82) is 0 Å². The van der Waals surface area contributed by atoms with Crippen LogP contribution in [0.3, 0.4) is 0 Å². The van der Waals surface area contributed by atoms with Crippen LogP contribution in [-0.4, -0.2) is 35.8 Å². The molecule has 2 heterocycles. The summed E-state index contributed by atoms with van der Waals surface area (Å²) in [6, 6.07) is 17.6. The van der Waals surface area contributed by atoms with Crippen LogP contribution in [-0.2, 0) is 16.1 Å². The highest BCUT2D eigenvalue weighted by atomic mass is 16.3. The summed E-state index contributed by atoms with van der Waals surface area (Å²) in [5.74, 6) is -0.979. The second kappa shape index (κ2) is 8.14. The lowest BCUT2D eigenvalue weighted by Crippen LogP contribution is -2.29. The maximum atomic E-state index is 13.0. The zero-order valence-corrected chi connectivity index (χ0v) is 17.7. The zero-order valence-electron chi connectivity index (χ0n) is 17.7. The van der Waals surface area contributed by atoms with Crippen LogP contribution < -0.4 is 4.90 Å². The summed E-state index contributed by atoms with van der Waals surface area (Å²) >= 11 is 0. The summed E-state index contributed by atoms with van der Waals surface area (Å²) in [7, 11) is 3.88. The number of hydrogen-bond acceptors (Lipinski definition) is 5. The van der Waals surface area contributed by atoms with Crippen LogP contribution in [0, 0.1) is 6.92 Å². The number of aliphatic hydroxyl groups is 1. The molecule has 31 heavy (non-hydrogen) atoms. The summed E-state index contributed by atoms with van der Waals surface area (Å²) in [6.45, 7) is 2.07. The molecule has 6 heteroatoms. The Bertz CT molecular complexity index is 1130. The first-order valence-electron chi connectivity index (χ1n) is 10.0. The van der Waals surface area contributed by atoms with Gasteiger partial charge in [-0.25, -0.2) is 0 Å². The summed E-state index contributed by atoms with van der Waals surface area (Å²) in [6.07, 6.45) is 1.53. The predicted octanol–water partition coefficient (Wildman–Crippen LogP) is 4.28. The van der Waals surface area contributed by atoms with Crippen molar-refractivity contribution in [2.24, 2.45) is 0 Å². The third-order valence-electron chi connectivity index (χ3n) is 5.50. The Morgan fingerprint density at radius 1 is 1.03 bits per heavy atom. The molecule has 4 rings (SSSR count). The van der Waals surface area contributed by atoms with Crippen molar-refractivity contribution in [2.75, 3.05) is 19.0 Å². The number of carbonyl (C=O) groups excluding carboxylic acids is 2. The van der Waals surface area contributed by atoms with Crippen LogP contribution in [0.1, 0.15) is 28.5 Å². The quantitative estimate of drug-likeness (QED) is 0.382. The second-order valence-electron chi connectivity index (χ2n) is 7.86. The number of rotatable bonds is 5. The number of carbonyl (C=O) groups is 2. The standard InChI is InChI=1S/C25H24N2O4/c1-16-6-8-18(9-7-16)23(28)21-22(17-10-12-19(13-11-17)26(2)3)27(25(30)24(21)29)15-20-5-4-14-31-20/h4-14,22,28H,15H2,1-3H3/t22-/m0/s1. The fraction of sp³-hybridized carbons (Fsp3) is 0.200. The predicted molar refractivity (Wildman–Crippen MR) is 119 cm³/mol. The molecule has 0 aliphatic carbocycles. The van der Waals surface area contributed by atoms with E-state index in [0.29, 0.717) is 11.3 Å². The lowest BCUT2D eigenvalue weighted by Gasteiger charge is -2.25. The third kappa shape index (κ3) is 3.84. The molecule has 0 bridgehead atoms. The van der Waals surface area contributed by atoms with E-state index in [1.807, 2.05) is 62.3 Å². The van der Waals surface area contributed by atoms with Crippen molar-refractivity contribution < 1.29 is 19.1 Å². The Morgan fingerprint density at radius 3 is 2.29 bits per heavy atom. The minimum absolute atomic E-state index is 0.0815. The minimum atomic E-state index is -0.720. The normalized spacial score (nSPS) is 17.9. The molecule has 1 fully saturated rings. The van der Waals surface area contributed by atoms with E-state index in [1.165, 1.54) is 11.2 Å². The highest BCUT2D eigenvalue weighted by molar-refractivity contribution is 6.46. The van der Waals surface area contributed by atoms with Gasteiger partial charge in [-0.05, 0) is 36.8 Å². The average Bonchev–Trinajstić information content (AvgIpc) is 3.36. The Labute approximate surface area is 181 Å². The first-order chi connectivity index (χ1) is 14.9. The van der Waals surface area contributed by atoms with Crippen molar-refractivity contribution in [3.8, 4) is 0 Å². The molecule has 0 unspecified atom stereocenters. The van der Waals surface area contributed by atoms with E-state index >= 15 is 0 Å². The number of hydrogen-bond donors (Lipinski definition) is 1. The van der Waals surface area contributed by atoms with E-state index in [4.69, 9.17) is 4.42 Å². The molecule has 2 aromatic carbocycles. The van der Waals surface area contributed by atoms with E-state index in [2.05, 4.69) is 0 Å². The monoisotopic (exact) mass is 416 g/mol. The molecule has 0 saturated carbocycles. The van der Waals surface area contributed by atoms with Crippen molar-refractivity contribution >= 4 is 23.1 Å². The number of amides is 1. The number of furan rings is 1. The van der Waals surface area contributed by atoms with Crippen molar-refractivity contribution in [1.82, 2.24) is 4.90 Å². The highest BCUT2D eigenvalue weighted by Gasteiger charge is 2.46. The lowest BCUT2D eigenvalue weighted by atomic mass is 9.95. The molecule has 0 radical (unpaired) electrons. The number of Topliss-reactive ketones (excluding diaryl/α,β-unsaturated/α-hetero) is 1. The molecule has 158 valence electrons. The van der Waals surface area contributed by atoms with Crippen molar-refractivity contribution in [3.63, 3.8) is 0 Å². The molecule has 1 atom stereocenters. The minimum Gasteiger partial charge on any atom is -0.507 e. The van der Waals surface area contributed by atoms with E-state index in [0.717, 1.165) is 16.8 Å². The smallest absolute Gasteiger partial charge is 0.296 e. The fourth-order valence-electron chi connectivity index (χ4n) is 3.78. The second-order valence-corrected chi connectivity index (χ2v) is 7.86. The zero-order chi connectivity index (χ0) is 22.1. The molecule has 1 aliphatic rings. The SMILES string of the molecule is Cc1ccc(C(O)=C2C(=O)C(=O)N(Cc3ccco3)[C@H]2c2ccc(N(C)C)cc2)cc1. The summed E-state index contributed by atoms with van der Waals surface area (Å²) < 4.78 is 5.42. The molecular weight excluding hydrogens is 392 g/mol. The molecule has 6 nitrogen and oxygen atoms in total. The number of aryl methyl sites for hydroxylation is 1. The highest BCUT2D eigenvalue weighted by Crippen LogP contribution is 2.40.